The molecule has 32 heavy (non-hydrogen) atoms. The van der Waals surface area contributed by atoms with Crippen molar-refractivity contribution in [1.29, 1.82) is 0 Å². The Hall–Kier alpha value is -2.93. The number of amides is 1. The second-order valence-corrected chi connectivity index (χ2v) is 14.1. The summed E-state index contributed by atoms with van der Waals surface area (Å²) in [4.78, 5) is 14.5. The van der Waals surface area contributed by atoms with Crippen molar-refractivity contribution >= 4 is 19.9 Å². The SMILES string of the molecule is C=C1C(=O)N(c2ccc(OC)c(OC)c2)C1c1ccc(OC)c(O[Si](C)(C)C(C)(C)C)c1. The quantitative estimate of drug-likeness (QED) is 0.303. The number of anilines is 1. The molecule has 1 aliphatic rings. The molecule has 1 fully saturated rings. The molecule has 1 unspecified atom stereocenters. The van der Waals surface area contributed by atoms with Gasteiger partial charge in [0.25, 0.3) is 14.2 Å². The summed E-state index contributed by atoms with van der Waals surface area (Å²) in [5.41, 5.74) is 2.16. The topological polar surface area (TPSA) is 57.2 Å². The number of β-lactam (4-membered cyclic amide) rings is 1. The molecule has 6 nitrogen and oxygen atoms in total. The van der Waals surface area contributed by atoms with Gasteiger partial charge in [-0.3, -0.25) is 9.69 Å². The largest absolute Gasteiger partial charge is 0.541 e. The van der Waals surface area contributed by atoms with Crippen molar-refractivity contribution in [2.75, 3.05) is 26.2 Å². The number of carbonyl (C=O) groups excluding carboxylic acids is 1. The van der Waals surface area contributed by atoms with E-state index < -0.39 is 8.32 Å². The molecule has 172 valence electrons. The van der Waals surface area contributed by atoms with Crippen molar-refractivity contribution in [2.24, 2.45) is 0 Å². The Labute approximate surface area is 191 Å². The van der Waals surface area contributed by atoms with Gasteiger partial charge in [0.1, 0.15) is 5.75 Å². The van der Waals surface area contributed by atoms with Crippen LogP contribution in [0.3, 0.4) is 0 Å². The van der Waals surface area contributed by atoms with Crippen molar-refractivity contribution in [3.8, 4) is 23.0 Å². The summed E-state index contributed by atoms with van der Waals surface area (Å²) in [7, 11) is 2.70. The first-order valence-corrected chi connectivity index (χ1v) is 13.5. The van der Waals surface area contributed by atoms with Crippen molar-refractivity contribution < 1.29 is 23.4 Å². The van der Waals surface area contributed by atoms with Gasteiger partial charge in [0.05, 0.1) is 27.4 Å². The van der Waals surface area contributed by atoms with E-state index in [-0.39, 0.29) is 17.0 Å². The molecule has 2 aromatic carbocycles. The van der Waals surface area contributed by atoms with Crippen LogP contribution in [0.1, 0.15) is 32.4 Å². The maximum Gasteiger partial charge on any atom is 0.256 e. The average molecular weight is 456 g/mol. The first kappa shape index (κ1) is 23.7. The molecule has 0 radical (unpaired) electrons. The fraction of sp³-hybridized carbons (Fsp3) is 0.400. The number of carbonyl (C=O) groups is 1. The Morgan fingerprint density at radius 1 is 0.875 bits per heavy atom. The molecule has 0 aliphatic carbocycles. The van der Waals surface area contributed by atoms with Crippen molar-refractivity contribution in [1.82, 2.24) is 0 Å². The van der Waals surface area contributed by atoms with Gasteiger partial charge in [-0.1, -0.05) is 33.4 Å². The van der Waals surface area contributed by atoms with Gasteiger partial charge in [-0.2, -0.15) is 0 Å². The second-order valence-electron chi connectivity index (χ2n) is 9.41. The zero-order chi connectivity index (χ0) is 23.8. The summed E-state index contributed by atoms with van der Waals surface area (Å²) >= 11 is 0. The van der Waals surface area contributed by atoms with E-state index in [0.29, 0.717) is 34.3 Å². The molecule has 0 saturated carbocycles. The number of methoxy groups -OCH3 is 3. The lowest BCUT2D eigenvalue weighted by Gasteiger charge is -2.43. The number of rotatable bonds is 7. The minimum Gasteiger partial charge on any atom is -0.541 e. The predicted octanol–water partition coefficient (Wildman–Crippen LogP) is 5.74. The molecule has 1 aliphatic heterocycles. The van der Waals surface area contributed by atoms with Gasteiger partial charge >= 0.3 is 0 Å². The third kappa shape index (κ3) is 4.09. The molecular weight excluding hydrogens is 422 g/mol. The Morgan fingerprint density at radius 2 is 1.44 bits per heavy atom. The predicted molar refractivity (Wildman–Crippen MR) is 130 cm³/mol. The highest BCUT2D eigenvalue weighted by molar-refractivity contribution is 6.74. The van der Waals surface area contributed by atoms with Gasteiger partial charge < -0.3 is 18.6 Å². The molecule has 1 saturated heterocycles. The lowest BCUT2D eigenvalue weighted by Crippen LogP contribution is -2.49. The molecule has 0 N–H and O–H groups in total. The third-order valence-electron chi connectivity index (χ3n) is 6.40. The second kappa shape index (κ2) is 8.54. The molecule has 0 aromatic heterocycles. The Morgan fingerprint density at radius 3 is 2.00 bits per heavy atom. The van der Waals surface area contributed by atoms with E-state index in [9.17, 15) is 4.79 Å². The molecule has 1 amide bonds. The van der Waals surface area contributed by atoms with Crippen LogP contribution in [0, 0.1) is 0 Å². The lowest BCUT2D eigenvalue weighted by molar-refractivity contribution is -0.118. The molecule has 0 spiro atoms. The van der Waals surface area contributed by atoms with E-state index in [4.69, 9.17) is 18.6 Å². The third-order valence-corrected chi connectivity index (χ3v) is 10.7. The van der Waals surface area contributed by atoms with Gasteiger partial charge in [0, 0.05) is 17.3 Å². The van der Waals surface area contributed by atoms with E-state index in [2.05, 4.69) is 40.4 Å². The summed E-state index contributed by atoms with van der Waals surface area (Å²) in [6, 6.07) is 10.9. The zero-order valence-corrected chi connectivity index (χ0v) is 21.2. The molecule has 2 aromatic rings. The summed E-state index contributed by atoms with van der Waals surface area (Å²) in [6.07, 6.45) is 0. The minimum absolute atomic E-state index is 0.0374. The Bertz CT molecular complexity index is 1040. The number of hydrogen-bond acceptors (Lipinski definition) is 5. The lowest BCUT2D eigenvalue weighted by atomic mass is 9.88. The molecule has 1 heterocycles. The van der Waals surface area contributed by atoms with Crippen LogP contribution in [0.25, 0.3) is 0 Å². The van der Waals surface area contributed by atoms with Crippen LogP contribution >= 0.6 is 0 Å². The highest BCUT2D eigenvalue weighted by Crippen LogP contribution is 2.47. The maximum absolute atomic E-state index is 12.8. The summed E-state index contributed by atoms with van der Waals surface area (Å²) in [5.74, 6) is 2.41. The minimum atomic E-state index is -2.09. The van der Waals surface area contributed by atoms with E-state index >= 15 is 0 Å². The number of ether oxygens (including phenoxy) is 3. The number of nitrogens with zero attached hydrogens (tertiary/aromatic N) is 1. The van der Waals surface area contributed by atoms with Gasteiger partial charge in [0.2, 0.25) is 0 Å². The van der Waals surface area contributed by atoms with Crippen molar-refractivity contribution in [3.05, 3.63) is 54.1 Å². The highest BCUT2D eigenvalue weighted by Gasteiger charge is 2.44. The fourth-order valence-corrected chi connectivity index (χ4v) is 4.46. The van der Waals surface area contributed by atoms with Crippen LogP contribution in [-0.2, 0) is 4.79 Å². The molecule has 1 atom stereocenters. The van der Waals surface area contributed by atoms with E-state index in [1.807, 2.05) is 24.3 Å². The van der Waals surface area contributed by atoms with Gasteiger partial charge in [0.15, 0.2) is 17.2 Å². The van der Waals surface area contributed by atoms with Gasteiger partial charge in [-0.15, -0.1) is 0 Å². The zero-order valence-electron chi connectivity index (χ0n) is 20.2. The van der Waals surface area contributed by atoms with Crippen LogP contribution in [0.4, 0.5) is 5.69 Å². The first-order chi connectivity index (χ1) is 14.9. The van der Waals surface area contributed by atoms with E-state index in [1.165, 1.54) is 0 Å². The van der Waals surface area contributed by atoms with E-state index in [0.717, 1.165) is 5.56 Å². The highest BCUT2D eigenvalue weighted by atomic mass is 28.4. The van der Waals surface area contributed by atoms with Gasteiger partial charge in [-0.05, 0) is 48.0 Å². The molecular formula is C25H33NO5Si. The number of hydrogen-bond donors (Lipinski definition) is 0. The van der Waals surface area contributed by atoms with Crippen LogP contribution in [0.5, 0.6) is 23.0 Å². The summed E-state index contributed by atoms with van der Waals surface area (Å²) in [6.45, 7) is 15.0. The Balaban J connectivity index is 2.01. The van der Waals surface area contributed by atoms with Crippen molar-refractivity contribution in [3.63, 3.8) is 0 Å². The molecule has 0 bridgehead atoms. The monoisotopic (exact) mass is 455 g/mol. The average Bonchev–Trinajstić information content (AvgIpc) is 2.75. The normalized spacial score (nSPS) is 16.5. The molecule has 3 rings (SSSR count). The van der Waals surface area contributed by atoms with Crippen LogP contribution in [0.15, 0.2) is 48.6 Å². The maximum atomic E-state index is 12.8. The van der Waals surface area contributed by atoms with Gasteiger partial charge in [-0.25, -0.2) is 0 Å². The fourth-order valence-electron chi connectivity index (χ4n) is 3.44. The van der Waals surface area contributed by atoms with E-state index in [1.54, 1.807) is 38.4 Å². The van der Waals surface area contributed by atoms with Crippen LogP contribution < -0.4 is 23.5 Å². The summed E-state index contributed by atoms with van der Waals surface area (Å²) in [5, 5.41) is 0.0374. The standard InChI is InChI=1S/C25H33NO5Si/c1-16-23(26(24(16)27)18-11-13-19(28-5)21(15-18)30-7)17-10-12-20(29-6)22(14-17)31-32(8,9)25(2,3)4/h10-15,23H,1H2,2-9H3. The first-order valence-electron chi connectivity index (χ1n) is 10.6. The molecule has 7 heteroatoms. The smallest absolute Gasteiger partial charge is 0.256 e. The van der Waals surface area contributed by atoms with Crippen LogP contribution in [0.2, 0.25) is 18.1 Å². The Kier molecular flexibility index (Phi) is 6.33. The number of benzene rings is 2. The van der Waals surface area contributed by atoms with Crippen molar-refractivity contribution in [2.45, 2.75) is 44.9 Å². The van der Waals surface area contributed by atoms with Crippen LogP contribution in [-0.4, -0.2) is 35.6 Å². The summed E-state index contributed by atoms with van der Waals surface area (Å²) < 4.78 is 22.9.